The van der Waals surface area contributed by atoms with Crippen molar-refractivity contribution in [1.29, 1.82) is 0 Å². The smallest absolute Gasteiger partial charge is 0.432 e. The summed E-state index contributed by atoms with van der Waals surface area (Å²) in [6.07, 6.45) is -1.80. The molecule has 0 spiro atoms. The summed E-state index contributed by atoms with van der Waals surface area (Å²) in [5.41, 5.74) is 1.61. The van der Waals surface area contributed by atoms with Crippen molar-refractivity contribution in [1.82, 2.24) is 9.97 Å². The van der Waals surface area contributed by atoms with E-state index in [0.717, 1.165) is 37.8 Å². The van der Waals surface area contributed by atoms with Crippen LogP contribution in [0.1, 0.15) is 48.3 Å². The van der Waals surface area contributed by atoms with E-state index in [4.69, 9.17) is 4.74 Å². The number of imidazole rings is 1. The van der Waals surface area contributed by atoms with E-state index in [0.29, 0.717) is 29.4 Å². The molecule has 9 heteroatoms. The Labute approximate surface area is 202 Å². The number of nitrogens with one attached hydrogen (secondary N) is 1. The molecule has 2 N–H and O–H groups in total. The van der Waals surface area contributed by atoms with E-state index in [1.165, 1.54) is 0 Å². The summed E-state index contributed by atoms with van der Waals surface area (Å²) in [5.74, 6) is 0.175. The van der Waals surface area contributed by atoms with Gasteiger partial charge in [-0.05, 0) is 62.1 Å². The second-order valence-electron chi connectivity index (χ2n) is 8.17. The second-order valence-corrected chi connectivity index (χ2v) is 8.17. The molecular weight excluding hydrogens is 459 g/mol. The van der Waals surface area contributed by atoms with Crippen molar-refractivity contribution in [2.24, 2.45) is 5.92 Å². The van der Waals surface area contributed by atoms with Crippen LogP contribution in [0.4, 0.5) is 18.9 Å². The first-order valence-corrected chi connectivity index (χ1v) is 11.7. The normalized spacial score (nSPS) is 14.3. The lowest BCUT2D eigenvalue weighted by atomic mass is 9.97. The molecule has 0 saturated carbocycles. The van der Waals surface area contributed by atoms with Crippen LogP contribution in [-0.4, -0.2) is 40.7 Å². The zero-order valence-electron chi connectivity index (χ0n) is 20.0. The highest BCUT2D eigenvalue weighted by molar-refractivity contribution is 5.90. The number of carbonyl (C=O) groups is 1. The van der Waals surface area contributed by atoms with Crippen molar-refractivity contribution in [2.75, 3.05) is 24.6 Å². The molecule has 35 heavy (non-hydrogen) atoms. The molecule has 0 atom stereocenters. The first-order valence-electron chi connectivity index (χ1n) is 11.7. The van der Waals surface area contributed by atoms with Crippen LogP contribution in [0.15, 0.2) is 48.7 Å². The van der Waals surface area contributed by atoms with Gasteiger partial charge < -0.3 is 19.7 Å². The molecule has 4 rings (SSSR count). The van der Waals surface area contributed by atoms with Crippen molar-refractivity contribution < 1.29 is 27.8 Å². The van der Waals surface area contributed by atoms with Crippen LogP contribution in [0.5, 0.6) is 5.75 Å². The summed E-state index contributed by atoms with van der Waals surface area (Å²) < 4.78 is 44.2. The molecule has 0 bridgehead atoms. The minimum absolute atomic E-state index is 0.187. The molecule has 188 valence electrons. The van der Waals surface area contributed by atoms with E-state index < -0.39 is 17.8 Å². The van der Waals surface area contributed by atoms with Crippen LogP contribution >= 0.6 is 0 Å². The zero-order valence-corrected chi connectivity index (χ0v) is 20.0. The van der Waals surface area contributed by atoms with Gasteiger partial charge in [0.1, 0.15) is 17.3 Å². The third-order valence-electron chi connectivity index (χ3n) is 5.99. The number of benzene rings is 2. The van der Waals surface area contributed by atoms with E-state index >= 15 is 0 Å². The Balaban J connectivity index is 0.00000167. The van der Waals surface area contributed by atoms with Crippen LogP contribution in [0.25, 0.3) is 11.4 Å². The number of carboxylic acid groups (broad SMARTS) is 1. The molecule has 6 nitrogen and oxygen atoms in total. The van der Waals surface area contributed by atoms with Gasteiger partial charge in [0.25, 0.3) is 0 Å². The van der Waals surface area contributed by atoms with Gasteiger partial charge in [-0.25, -0.2) is 9.78 Å². The van der Waals surface area contributed by atoms with Crippen molar-refractivity contribution in [3.63, 3.8) is 0 Å². The number of aromatic amines is 1. The van der Waals surface area contributed by atoms with Gasteiger partial charge in [0.15, 0.2) is 0 Å². The number of hydrogen-bond acceptors (Lipinski definition) is 4. The number of anilines is 1. The highest BCUT2D eigenvalue weighted by Crippen LogP contribution is 2.31. The molecule has 1 aliphatic rings. The maximum Gasteiger partial charge on any atom is 0.432 e. The SMILES string of the molecule is CC.Cc1c(OCC2CCN(c3ccc(-c4ncc(C(F)(F)F)[nH]4)cc3)CC2)cccc1C(=O)O. The number of alkyl halides is 3. The quantitative estimate of drug-likeness (QED) is 0.418. The first kappa shape index (κ1) is 26.1. The molecule has 3 aromatic rings. The molecule has 0 unspecified atom stereocenters. The average Bonchev–Trinajstić information content (AvgIpc) is 3.36. The Morgan fingerprint density at radius 2 is 1.80 bits per heavy atom. The fourth-order valence-corrected chi connectivity index (χ4v) is 4.01. The maximum atomic E-state index is 12.8. The van der Waals surface area contributed by atoms with E-state index in [1.807, 2.05) is 26.0 Å². The number of aromatic carboxylic acids is 1. The number of aromatic nitrogens is 2. The highest BCUT2D eigenvalue weighted by Gasteiger charge is 2.33. The van der Waals surface area contributed by atoms with Gasteiger partial charge in [-0.15, -0.1) is 0 Å². The second kappa shape index (κ2) is 11.3. The summed E-state index contributed by atoms with van der Waals surface area (Å²) in [5, 5.41) is 9.25. The summed E-state index contributed by atoms with van der Waals surface area (Å²) >= 11 is 0. The standard InChI is InChI=1S/C24H24F3N3O3.C2H6/c1-15-19(23(31)32)3-2-4-20(15)33-14-16-9-11-30(12-10-16)18-7-5-17(6-8-18)22-28-13-21(29-22)24(25,26)27;1-2/h2-8,13,16H,9-12,14H2,1H3,(H,28,29)(H,31,32);1-2H3. The number of rotatable bonds is 6. The van der Waals surface area contributed by atoms with E-state index in [1.54, 1.807) is 37.3 Å². The van der Waals surface area contributed by atoms with Gasteiger partial charge in [0.2, 0.25) is 0 Å². The Hall–Kier alpha value is -3.49. The number of ether oxygens (including phenoxy) is 1. The molecule has 2 aromatic carbocycles. The van der Waals surface area contributed by atoms with Gasteiger partial charge >= 0.3 is 12.1 Å². The third kappa shape index (κ3) is 6.35. The number of halogens is 3. The maximum absolute atomic E-state index is 12.8. The van der Waals surface area contributed by atoms with Crippen molar-refractivity contribution in [2.45, 2.75) is 39.8 Å². The van der Waals surface area contributed by atoms with Gasteiger partial charge in [0.05, 0.1) is 18.4 Å². The Morgan fingerprint density at radius 1 is 1.14 bits per heavy atom. The molecule has 2 heterocycles. The van der Waals surface area contributed by atoms with E-state index in [-0.39, 0.29) is 11.4 Å². The van der Waals surface area contributed by atoms with E-state index in [2.05, 4.69) is 14.9 Å². The Bertz CT molecular complexity index is 1120. The predicted octanol–water partition coefficient (Wildman–Crippen LogP) is 6.42. The lowest BCUT2D eigenvalue weighted by molar-refractivity contribution is -0.140. The molecule has 1 saturated heterocycles. The van der Waals surface area contributed by atoms with Crippen LogP contribution in [0.3, 0.4) is 0 Å². The van der Waals surface area contributed by atoms with E-state index in [9.17, 15) is 23.1 Å². The summed E-state index contributed by atoms with van der Waals surface area (Å²) in [6.45, 7) is 7.94. The predicted molar refractivity (Wildman–Crippen MR) is 129 cm³/mol. The van der Waals surface area contributed by atoms with Crippen LogP contribution in [0, 0.1) is 12.8 Å². The minimum Gasteiger partial charge on any atom is -0.493 e. The lowest BCUT2D eigenvalue weighted by Gasteiger charge is -2.33. The topological polar surface area (TPSA) is 78.5 Å². The Morgan fingerprint density at radius 3 is 2.37 bits per heavy atom. The number of nitrogens with zero attached hydrogens (tertiary/aromatic N) is 2. The third-order valence-corrected chi connectivity index (χ3v) is 5.99. The Kier molecular flexibility index (Phi) is 8.43. The summed E-state index contributed by atoms with van der Waals surface area (Å²) in [4.78, 5) is 19.7. The monoisotopic (exact) mass is 489 g/mol. The average molecular weight is 490 g/mol. The van der Waals surface area contributed by atoms with Gasteiger partial charge in [0, 0.05) is 29.9 Å². The minimum atomic E-state index is -4.45. The van der Waals surface area contributed by atoms with Crippen molar-refractivity contribution in [3.8, 4) is 17.1 Å². The summed E-state index contributed by atoms with van der Waals surface area (Å²) in [7, 11) is 0. The van der Waals surface area contributed by atoms with Crippen LogP contribution in [0.2, 0.25) is 0 Å². The van der Waals surface area contributed by atoms with Crippen LogP contribution < -0.4 is 9.64 Å². The van der Waals surface area contributed by atoms with Gasteiger partial charge in [-0.1, -0.05) is 19.9 Å². The summed E-state index contributed by atoms with van der Waals surface area (Å²) in [6, 6.07) is 12.4. The lowest BCUT2D eigenvalue weighted by Crippen LogP contribution is -2.35. The van der Waals surface area contributed by atoms with Crippen molar-refractivity contribution in [3.05, 3.63) is 65.5 Å². The van der Waals surface area contributed by atoms with Gasteiger partial charge in [-0.2, -0.15) is 13.2 Å². The van der Waals surface area contributed by atoms with Crippen molar-refractivity contribution >= 4 is 11.7 Å². The molecule has 1 aromatic heterocycles. The highest BCUT2D eigenvalue weighted by atomic mass is 19.4. The largest absolute Gasteiger partial charge is 0.493 e. The number of carboxylic acids is 1. The molecule has 1 aliphatic heterocycles. The molecule has 0 aliphatic carbocycles. The van der Waals surface area contributed by atoms with Crippen LogP contribution in [-0.2, 0) is 6.18 Å². The number of hydrogen-bond donors (Lipinski definition) is 2. The number of H-pyrrole nitrogens is 1. The fraction of sp³-hybridized carbons (Fsp3) is 0.385. The molecular formula is C26H30F3N3O3. The first-order chi connectivity index (χ1) is 16.7. The molecule has 0 radical (unpaired) electrons. The van der Waals surface area contributed by atoms with Gasteiger partial charge in [-0.3, -0.25) is 0 Å². The molecule has 0 amide bonds. The zero-order chi connectivity index (χ0) is 25.6. The fourth-order valence-electron chi connectivity index (χ4n) is 4.01. The molecule has 1 fully saturated rings. The number of piperidine rings is 1.